The Morgan fingerprint density at radius 2 is 1.72 bits per heavy atom. The van der Waals surface area contributed by atoms with Crippen LogP contribution < -0.4 is 4.90 Å². The van der Waals surface area contributed by atoms with Crippen molar-refractivity contribution in [3.05, 3.63) is 60.2 Å². The molecule has 0 atom stereocenters. The Labute approximate surface area is 104 Å². The molecule has 0 heterocycles. The minimum absolute atomic E-state index is 0.426. The molecule has 0 saturated heterocycles. The summed E-state index contributed by atoms with van der Waals surface area (Å²) in [6.45, 7) is 0. The number of nitrogens with zero attached hydrogens (tertiary/aromatic N) is 2. The van der Waals surface area contributed by atoms with Gasteiger partial charge in [0, 0.05) is 0 Å². The van der Waals surface area contributed by atoms with Crippen molar-refractivity contribution in [3.63, 3.8) is 0 Å². The van der Waals surface area contributed by atoms with E-state index >= 15 is 0 Å². The molecule has 0 spiro atoms. The average Bonchev–Trinajstić information content (AvgIpc) is 2.40. The van der Waals surface area contributed by atoms with Crippen LogP contribution in [-0.4, -0.2) is 11.2 Å². The number of para-hydroxylation sites is 1. The number of carbonyl (C=O) groups is 1. The Balaban J connectivity index is 2.49. The van der Waals surface area contributed by atoms with Crippen LogP contribution in [0.2, 0.25) is 0 Å². The van der Waals surface area contributed by atoms with E-state index in [9.17, 15) is 9.90 Å². The first-order valence-electron chi connectivity index (χ1n) is 5.30. The smallest absolute Gasteiger partial charge is 0.416 e. The Morgan fingerprint density at radius 3 is 2.33 bits per heavy atom. The molecule has 0 aliphatic rings. The summed E-state index contributed by atoms with van der Waals surface area (Å²) >= 11 is 0. The third-order valence-corrected chi connectivity index (χ3v) is 2.44. The number of carboxylic acid groups (broad SMARTS) is 1. The van der Waals surface area contributed by atoms with Gasteiger partial charge in [-0.25, -0.2) is 9.69 Å². The fourth-order valence-corrected chi connectivity index (χ4v) is 1.66. The number of benzene rings is 2. The number of hydrogen-bond acceptors (Lipinski definition) is 2. The van der Waals surface area contributed by atoms with Crippen LogP contribution in [-0.2, 0) is 0 Å². The molecule has 0 radical (unpaired) electrons. The lowest BCUT2D eigenvalue weighted by atomic mass is 10.2. The van der Waals surface area contributed by atoms with Gasteiger partial charge in [0.15, 0.2) is 0 Å². The van der Waals surface area contributed by atoms with Crippen molar-refractivity contribution in [2.75, 3.05) is 4.90 Å². The molecule has 2 aromatic carbocycles. The zero-order valence-electron chi connectivity index (χ0n) is 9.45. The molecule has 0 bridgehead atoms. The second kappa shape index (κ2) is 5.02. The Hall–Kier alpha value is -2.80. The van der Waals surface area contributed by atoms with Gasteiger partial charge < -0.3 is 5.11 Å². The largest absolute Gasteiger partial charge is 0.464 e. The van der Waals surface area contributed by atoms with Crippen LogP contribution in [0.4, 0.5) is 16.2 Å². The third kappa shape index (κ3) is 2.30. The fourth-order valence-electron chi connectivity index (χ4n) is 1.66. The Morgan fingerprint density at radius 1 is 1.06 bits per heavy atom. The highest BCUT2D eigenvalue weighted by atomic mass is 16.4. The van der Waals surface area contributed by atoms with Crippen molar-refractivity contribution in [2.24, 2.45) is 0 Å². The van der Waals surface area contributed by atoms with Crippen molar-refractivity contribution in [3.8, 4) is 6.07 Å². The highest BCUT2D eigenvalue weighted by Crippen LogP contribution is 2.25. The standard InChI is InChI=1S/C14H10N2O2/c15-10-11-5-4-8-13(9-11)16(14(17)18)12-6-2-1-3-7-12/h1-9H,(H,17,18). The number of rotatable bonds is 2. The van der Waals surface area contributed by atoms with Gasteiger partial charge in [0.2, 0.25) is 0 Å². The molecule has 4 nitrogen and oxygen atoms in total. The van der Waals surface area contributed by atoms with E-state index in [0.717, 1.165) is 4.90 Å². The first-order valence-corrected chi connectivity index (χ1v) is 5.30. The van der Waals surface area contributed by atoms with Gasteiger partial charge in [0.25, 0.3) is 0 Å². The number of amides is 1. The fraction of sp³-hybridized carbons (Fsp3) is 0. The summed E-state index contributed by atoms with van der Waals surface area (Å²) in [5.74, 6) is 0. The average molecular weight is 238 g/mol. The first kappa shape index (κ1) is 11.7. The van der Waals surface area contributed by atoms with Gasteiger partial charge in [-0.2, -0.15) is 5.26 Å². The molecule has 0 unspecified atom stereocenters. The number of nitriles is 1. The maximum Gasteiger partial charge on any atom is 0.416 e. The van der Waals surface area contributed by atoms with E-state index in [0.29, 0.717) is 16.9 Å². The summed E-state index contributed by atoms with van der Waals surface area (Å²) in [5.41, 5.74) is 1.42. The predicted octanol–water partition coefficient (Wildman–Crippen LogP) is 3.37. The van der Waals surface area contributed by atoms with Crippen LogP contribution in [0.3, 0.4) is 0 Å². The summed E-state index contributed by atoms with van der Waals surface area (Å²) in [7, 11) is 0. The lowest BCUT2D eigenvalue weighted by Gasteiger charge is -2.19. The van der Waals surface area contributed by atoms with Crippen molar-refractivity contribution in [2.45, 2.75) is 0 Å². The summed E-state index contributed by atoms with van der Waals surface area (Å²) in [4.78, 5) is 12.5. The van der Waals surface area contributed by atoms with Crippen molar-refractivity contribution >= 4 is 17.5 Å². The van der Waals surface area contributed by atoms with Crippen LogP contribution in [0.25, 0.3) is 0 Å². The normalized spacial score (nSPS) is 9.50. The van der Waals surface area contributed by atoms with Crippen molar-refractivity contribution < 1.29 is 9.90 Å². The highest BCUT2D eigenvalue weighted by Gasteiger charge is 2.16. The summed E-state index contributed by atoms with van der Waals surface area (Å²) in [6, 6.07) is 17.2. The quantitative estimate of drug-likeness (QED) is 0.872. The van der Waals surface area contributed by atoms with E-state index < -0.39 is 6.09 Å². The van der Waals surface area contributed by atoms with Crippen molar-refractivity contribution in [1.82, 2.24) is 0 Å². The van der Waals surface area contributed by atoms with Gasteiger partial charge >= 0.3 is 6.09 Å². The molecule has 0 aromatic heterocycles. The summed E-state index contributed by atoms with van der Waals surface area (Å²) in [6.07, 6.45) is -1.09. The highest BCUT2D eigenvalue weighted by molar-refractivity contribution is 5.94. The molecular formula is C14H10N2O2. The minimum Gasteiger partial charge on any atom is -0.464 e. The molecule has 0 fully saturated rings. The molecule has 4 heteroatoms. The zero-order chi connectivity index (χ0) is 13.0. The maximum absolute atomic E-state index is 11.3. The van der Waals surface area contributed by atoms with Crippen LogP contribution >= 0.6 is 0 Å². The van der Waals surface area contributed by atoms with E-state index in [1.54, 1.807) is 48.5 Å². The Kier molecular flexibility index (Phi) is 3.26. The van der Waals surface area contributed by atoms with E-state index in [1.807, 2.05) is 12.1 Å². The van der Waals surface area contributed by atoms with Gasteiger partial charge in [-0.05, 0) is 30.3 Å². The molecule has 88 valence electrons. The van der Waals surface area contributed by atoms with Gasteiger partial charge in [0.1, 0.15) is 0 Å². The molecular weight excluding hydrogens is 228 g/mol. The van der Waals surface area contributed by atoms with E-state index in [4.69, 9.17) is 5.26 Å². The SMILES string of the molecule is N#Cc1cccc(N(C(=O)O)c2ccccc2)c1. The lowest BCUT2D eigenvalue weighted by molar-refractivity contribution is 0.205. The van der Waals surface area contributed by atoms with Crippen molar-refractivity contribution in [1.29, 1.82) is 5.26 Å². The molecule has 0 aliphatic heterocycles. The van der Waals surface area contributed by atoms with Crippen LogP contribution in [0.5, 0.6) is 0 Å². The second-order valence-electron chi connectivity index (χ2n) is 3.62. The monoisotopic (exact) mass is 238 g/mol. The van der Waals surface area contributed by atoms with E-state index in [1.165, 1.54) is 0 Å². The number of anilines is 2. The van der Waals surface area contributed by atoms with E-state index in [2.05, 4.69) is 0 Å². The van der Waals surface area contributed by atoms with Gasteiger partial charge in [-0.1, -0.05) is 24.3 Å². The minimum atomic E-state index is -1.09. The van der Waals surface area contributed by atoms with E-state index in [-0.39, 0.29) is 0 Å². The second-order valence-corrected chi connectivity index (χ2v) is 3.62. The molecule has 2 aromatic rings. The topological polar surface area (TPSA) is 64.3 Å². The van der Waals surface area contributed by atoms with Crippen LogP contribution in [0.15, 0.2) is 54.6 Å². The van der Waals surface area contributed by atoms with Gasteiger partial charge in [-0.15, -0.1) is 0 Å². The zero-order valence-corrected chi connectivity index (χ0v) is 9.45. The van der Waals surface area contributed by atoms with Crippen LogP contribution in [0.1, 0.15) is 5.56 Å². The molecule has 0 saturated carbocycles. The molecule has 1 N–H and O–H groups in total. The molecule has 1 amide bonds. The van der Waals surface area contributed by atoms with Gasteiger partial charge in [-0.3, -0.25) is 0 Å². The predicted molar refractivity (Wildman–Crippen MR) is 67.8 cm³/mol. The lowest BCUT2D eigenvalue weighted by Crippen LogP contribution is -2.23. The van der Waals surface area contributed by atoms with Gasteiger partial charge in [0.05, 0.1) is 23.0 Å². The summed E-state index contributed by atoms with van der Waals surface area (Å²) < 4.78 is 0. The third-order valence-electron chi connectivity index (χ3n) is 2.44. The molecule has 0 aliphatic carbocycles. The van der Waals surface area contributed by atoms with Crippen LogP contribution in [0, 0.1) is 11.3 Å². The Bertz CT molecular complexity index is 603. The maximum atomic E-state index is 11.3. The molecule has 18 heavy (non-hydrogen) atoms. The first-order chi connectivity index (χ1) is 8.72. The summed E-state index contributed by atoms with van der Waals surface area (Å²) in [5, 5.41) is 18.1. The number of hydrogen-bond donors (Lipinski definition) is 1. The molecule has 2 rings (SSSR count).